The fourth-order valence-corrected chi connectivity index (χ4v) is 3.72. The summed E-state index contributed by atoms with van der Waals surface area (Å²) < 4.78 is 19.9. The molecule has 0 heterocycles. The number of hydrogen-bond acceptors (Lipinski definition) is 5. The zero-order valence-electron chi connectivity index (χ0n) is 19.4. The van der Waals surface area contributed by atoms with Crippen molar-refractivity contribution >= 4 is 13.3 Å². The number of hydrogen-bond donors (Lipinski definition) is 0. The molecule has 0 aliphatic rings. The van der Waals surface area contributed by atoms with Crippen LogP contribution in [0.3, 0.4) is 0 Å². The standard InChI is InChI=1S/C22H45O5P.Na/c1-3-4-5-6-7-8-9-10-11-12-13-14-15-16-17-18-19-20-21-27-22(23)28(24,25)26-2;/h3-21H2,1-2H3,(H,24,25);/q;+1/p-1. The summed E-state index contributed by atoms with van der Waals surface area (Å²) in [5.41, 5.74) is -1.26. The predicted octanol–water partition coefficient (Wildman–Crippen LogP) is 4.37. The van der Waals surface area contributed by atoms with Crippen LogP contribution in [0.5, 0.6) is 0 Å². The monoisotopic (exact) mass is 442 g/mol. The molecule has 0 fully saturated rings. The van der Waals surface area contributed by atoms with Crippen LogP contribution in [0.1, 0.15) is 122 Å². The van der Waals surface area contributed by atoms with E-state index in [1.807, 2.05) is 0 Å². The van der Waals surface area contributed by atoms with E-state index in [0.29, 0.717) is 6.42 Å². The normalized spacial score (nSPS) is 12.9. The summed E-state index contributed by atoms with van der Waals surface area (Å²) >= 11 is 0. The molecule has 0 amide bonds. The van der Waals surface area contributed by atoms with Crippen LogP contribution in [0.4, 0.5) is 4.79 Å². The van der Waals surface area contributed by atoms with Crippen LogP contribution >= 0.6 is 7.60 Å². The Hall–Kier alpha value is 0.620. The molecule has 0 N–H and O–H groups in total. The van der Waals surface area contributed by atoms with Crippen molar-refractivity contribution in [3.63, 3.8) is 0 Å². The molecule has 5 nitrogen and oxygen atoms in total. The average Bonchev–Trinajstić information content (AvgIpc) is 2.69. The Morgan fingerprint density at radius 3 is 1.31 bits per heavy atom. The Kier molecular flexibility index (Phi) is 25.5. The van der Waals surface area contributed by atoms with E-state index in [9.17, 15) is 14.3 Å². The van der Waals surface area contributed by atoms with Gasteiger partial charge in [0.05, 0.1) is 6.61 Å². The minimum Gasteiger partial charge on any atom is -0.770 e. The third-order valence-electron chi connectivity index (χ3n) is 5.19. The van der Waals surface area contributed by atoms with Gasteiger partial charge in [-0.3, -0.25) is 4.57 Å². The van der Waals surface area contributed by atoms with Gasteiger partial charge in [-0.15, -0.1) is 0 Å². The Morgan fingerprint density at radius 2 is 1.00 bits per heavy atom. The van der Waals surface area contributed by atoms with Gasteiger partial charge < -0.3 is 14.2 Å². The van der Waals surface area contributed by atoms with Crippen molar-refractivity contribution in [3.8, 4) is 0 Å². The Labute approximate surface area is 201 Å². The number of rotatable bonds is 21. The van der Waals surface area contributed by atoms with Gasteiger partial charge in [0.1, 0.15) is 0 Å². The van der Waals surface area contributed by atoms with Gasteiger partial charge in [-0.25, -0.2) is 4.79 Å². The Balaban J connectivity index is 0. The van der Waals surface area contributed by atoms with Crippen LogP contribution in [-0.4, -0.2) is 19.4 Å². The van der Waals surface area contributed by atoms with Gasteiger partial charge in [0.15, 0.2) is 0 Å². The summed E-state index contributed by atoms with van der Waals surface area (Å²) in [4.78, 5) is 22.2. The maximum absolute atomic E-state index is 11.2. The van der Waals surface area contributed by atoms with Crippen LogP contribution in [-0.2, 0) is 13.8 Å². The first kappa shape index (κ1) is 31.8. The Bertz CT molecular complexity index is 407. The zero-order valence-corrected chi connectivity index (χ0v) is 22.3. The molecule has 0 spiro atoms. The molecule has 0 saturated carbocycles. The molecule has 29 heavy (non-hydrogen) atoms. The average molecular weight is 443 g/mol. The van der Waals surface area contributed by atoms with Crippen molar-refractivity contribution < 1.29 is 53.1 Å². The largest absolute Gasteiger partial charge is 1.00 e. The summed E-state index contributed by atoms with van der Waals surface area (Å²) in [5, 5.41) is 0. The summed E-state index contributed by atoms with van der Waals surface area (Å²) in [6.07, 6.45) is 23.3. The third-order valence-corrected chi connectivity index (χ3v) is 6.24. The van der Waals surface area contributed by atoms with Crippen molar-refractivity contribution in [2.75, 3.05) is 13.7 Å². The fraction of sp³-hybridized carbons (Fsp3) is 0.955. The van der Waals surface area contributed by atoms with Gasteiger partial charge >= 0.3 is 35.3 Å². The molecule has 0 aliphatic heterocycles. The van der Waals surface area contributed by atoms with Gasteiger partial charge in [-0.05, 0) is 6.42 Å². The van der Waals surface area contributed by atoms with Gasteiger partial charge in [-0.1, -0.05) is 116 Å². The molecule has 1 atom stereocenters. The topological polar surface area (TPSA) is 75.7 Å². The van der Waals surface area contributed by atoms with Crippen LogP contribution in [0.25, 0.3) is 0 Å². The molecule has 0 saturated heterocycles. The molecular formula is C22H44NaO5P. The molecule has 0 aliphatic carbocycles. The van der Waals surface area contributed by atoms with E-state index in [4.69, 9.17) is 0 Å². The van der Waals surface area contributed by atoms with E-state index < -0.39 is 13.3 Å². The molecule has 7 heteroatoms. The maximum Gasteiger partial charge on any atom is 1.00 e. The smallest absolute Gasteiger partial charge is 0.770 e. The minimum atomic E-state index is -4.47. The summed E-state index contributed by atoms with van der Waals surface area (Å²) in [6, 6.07) is 0. The summed E-state index contributed by atoms with van der Waals surface area (Å²) in [6.45, 7) is 2.41. The van der Waals surface area contributed by atoms with Crippen molar-refractivity contribution in [1.82, 2.24) is 0 Å². The first-order valence-corrected chi connectivity index (χ1v) is 13.1. The van der Waals surface area contributed by atoms with Gasteiger partial charge in [-0.2, -0.15) is 0 Å². The van der Waals surface area contributed by atoms with E-state index >= 15 is 0 Å². The van der Waals surface area contributed by atoms with Crippen molar-refractivity contribution in [2.45, 2.75) is 122 Å². The van der Waals surface area contributed by atoms with Gasteiger partial charge in [0.25, 0.3) is 0 Å². The summed E-state index contributed by atoms with van der Waals surface area (Å²) in [5.74, 6) is 0. The van der Waals surface area contributed by atoms with Crippen LogP contribution in [0, 0.1) is 0 Å². The molecule has 0 bridgehead atoms. The fourth-order valence-electron chi connectivity index (χ4n) is 3.32. The van der Waals surface area contributed by atoms with Crippen LogP contribution < -0.4 is 34.5 Å². The molecular weight excluding hydrogens is 398 g/mol. The SMILES string of the molecule is CCCCCCCCCCCCCCCCCCCCOC(=O)P(=O)([O-])OC.[Na+]. The Morgan fingerprint density at radius 1 is 0.690 bits per heavy atom. The van der Waals surface area contributed by atoms with E-state index in [1.165, 1.54) is 96.3 Å². The zero-order chi connectivity index (χ0) is 20.9. The number of ether oxygens (including phenoxy) is 1. The second-order valence-electron chi connectivity index (χ2n) is 7.80. The van der Waals surface area contributed by atoms with Crippen molar-refractivity contribution in [2.24, 2.45) is 0 Å². The van der Waals surface area contributed by atoms with E-state index in [1.54, 1.807) is 0 Å². The molecule has 0 aromatic heterocycles. The first-order valence-electron chi connectivity index (χ1n) is 11.6. The third kappa shape index (κ3) is 21.6. The summed E-state index contributed by atoms with van der Waals surface area (Å²) in [7, 11) is -3.51. The number of carbonyl (C=O) groups is 1. The first-order chi connectivity index (χ1) is 13.5. The molecule has 0 aromatic carbocycles. The van der Waals surface area contributed by atoms with E-state index in [-0.39, 0.29) is 36.2 Å². The second kappa shape index (κ2) is 23.3. The van der Waals surface area contributed by atoms with Crippen molar-refractivity contribution in [3.05, 3.63) is 0 Å². The maximum atomic E-state index is 11.2. The quantitative estimate of drug-likeness (QED) is 0.150. The molecule has 0 rings (SSSR count). The predicted molar refractivity (Wildman–Crippen MR) is 115 cm³/mol. The van der Waals surface area contributed by atoms with Gasteiger partial charge in [0.2, 0.25) is 7.60 Å². The number of unbranched alkanes of at least 4 members (excludes halogenated alkanes) is 17. The molecule has 0 radical (unpaired) electrons. The van der Waals surface area contributed by atoms with Crippen molar-refractivity contribution in [1.29, 1.82) is 0 Å². The number of carbonyl (C=O) groups excluding carboxylic acids is 1. The molecule has 0 aromatic rings. The second-order valence-corrected chi connectivity index (χ2v) is 9.53. The van der Waals surface area contributed by atoms with Gasteiger partial charge in [0, 0.05) is 7.11 Å². The molecule has 1 unspecified atom stereocenters. The van der Waals surface area contributed by atoms with E-state index in [0.717, 1.165) is 20.0 Å². The van der Waals surface area contributed by atoms with Crippen LogP contribution in [0.15, 0.2) is 0 Å². The minimum absolute atomic E-state index is 0. The molecule has 168 valence electrons. The van der Waals surface area contributed by atoms with Crippen LogP contribution in [0.2, 0.25) is 0 Å². The van der Waals surface area contributed by atoms with E-state index in [2.05, 4.69) is 16.2 Å².